The van der Waals surface area contributed by atoms with E-state index in [0.717, 1.165) is 0 Å². The second-order valence-corrected chi connectivity index (χ2v) is 16.4. The lowest BCUT2D eigenvalue weighted by molar-refractivity contribution is 0.277. The summed E-state index contributed by atoms with van der Waals surface area (Å²) in [6.07, 6.45) is 0. The van der Waals surface area contributed by atoms with Crippen molar-refractivity contribution in [2.75, 3.05) is 103 Å². The molecule has 426 valence electrons. The summed E-state index contributed by atoms with van der Waals surface area (Å²) in [6.45, 7) is 0. The van der Waals surface area contributed by atoms with Crippen LogP contribution in [0.2, 0.25) is 0 Å². The van der Waals surface area contributed by atoms with E-state index in [1.54, 1.807) is 0 Å². The Balaban J connectivity index is 1.69. The SMILES string of the molecule is Nc1nc(N)nc(C(c2nc(N)nc(N)n2)(c2nc(N)nc(N)n2)n2c(=O)n(C(c3nc(N)nc(N)n3)(c3nc(N)nc(N)n3)c3nc(N)nc(N)n3)c(=O)n(C(c3nc(N)nc(N)n3)(c3nc(N)nc(N)n3)c3nc(N)nc(N)n3)c2=O)n1. The van der Waals surface area contributed by atoms with E-state index in [9.17, 15) is 0 Å². The van der Waals surface area contributed by atoms with E-state index < -0.39 is 193 Å². The molecular formula is C33H36N48O3. The predicted octanol–water partition coefficient (Wildman–Crippen LogP) is -13.2. The number of hydrogen-bond acceptors (Lipinski definition) is 48. The number of hydrogen-bond donors (Lipinski definition) is 18. The Kier molecular flexibility index (Phi) is 11.9. The summed E-state index contributed by atoms with van der Waals surface area (Å²) >= 11 is 0. The zero-order valence-electron chi connectivity index (χ0n) is 41.5. The van der Waals surface area contributed by atoms with Gasteiger partial charge in [0, 0.05) is 0 Å². The quantitative estimate of drug-likeness (QED) is 0.0540. The first kappa shape index (κ1) is 53.3. The molecular weight excluding hydrogens is 1120 g/mol. The maximum Gasteiger partial charge on any atom is 0.339 e. The Hall–Kier alpha value is -14.1. The summed E-state index contributed by atoms with van der Waals surface area (Å²) in [5, 5.41) is 0. The van der Waals surface area contributed by atoms with Gasteiger partial charge < -0.3 is 103 Å². The van der Waals surface area contributed by atoms with E-state index in [1.165, 1.54) is 0 Å². The molecule has 0 aliphatic rings. The fourth-order valence-corrected chi connectivity index (χ4v) is 8.35. The highest BCUT2D eigenvalue weighted by atomic mass is 16.2. The number of rotatable bonds is 12. The van der Waals surface area contributed by atoms with Crippen LogP contribution in [-0.2, 0) is 16.6 Å². The van der Waals surface area contributed by atoms with Gasteiger partial charge >= 0.3 is 17.1 Å². The van der Waals surface area contributed by atoms with E-state index in [1.807, 2.05) is 0 Å². The molecule has 0 atom stereocenters. The van der Waals surface area contributed by atoms with Gasteiger partial charge in [-0.3, -0.25) is 0 Å². The smallest absolute Gasteiger partial charge is 0.339 e. The van der Waals surface area contributed by atoms with Gasteiger partial charge in [-0.05, 0) is 0 Å². The monoisotopic (exact) mass is 1150 g/mol. The Morgan fingerprint density at radius 3 is 0.333 bits per heavy atom. The van der Waals surface area contributed by atoms with Crippen LogP contribution in [0.25, 0.3) is 0 Å². The average Bonchev–Trinajstić information content (AvgIpc) is 3.35. The summed E-state index contributed by atoms with van der Waals surface area (Å²) in [5.41, 5.74) is 95.7. The topological polar surface area (TPSA) is 882 Å². The summed E-state index contributed by atoms with van der Waals surface area (Å²) in [4.78, 5) is 163. The van der Waals surface area contributed by atoms with E-state index in [2.05, 4.69) is 135 Å². The first-order valence-electron chi connectivity index (χ1n) is 22.1. The third-order valence-electron chi connectivity index (χ3n) is 11.1. The van der Waals surface area contributed by atoms with Crippen molar-refractivity contribution in [1.29, 1.82) is 0 Å². The lowest BCUT2D eigenvalue weighted by Crippen LogP contribution is -2.70. The maximum absolute atomic E-state index is 17.4. The number of anilines is 18. The fraction of sp³-hybridized carbons (Fsp3) is 0.0909. The zero-order chi connectivity index (χ0) is 60.6. The molecule has 0 aliphatic heterocycles. The van der Waals surface area contributed by atoms with Crippen molar-refractivity contribution in [3.8, 4) is 0 Å². The Bertz CT molecular complexity index is 3520. The van der Waals surface area contributed by atoms with E-state index >= 15 is 14.4 Å². The van der Waals surface area contributed by atoms with E-state index in [-0.39, 0.29) is 13.7 Å². The van der Waals surface area contributed by atoms with Crippen LogP contribution in [0.1, 0.15) is 52.4 Å². The number of nitrogens with two attached hydrogens (primary N) is 18. The Labute approximate surface area is 458 Å². The van der Waals surface area contributed by atoms with Gasteiger partial charge in [0.05, 0.1) is 0 Å². The van der Waals surface area contributed by atoms with Crippen LogP contribution < -0.4 is 120 Å². The molecule has 0 aromatic carbocycles. The van der Waals surface area contributed by atoms with Crippen LogP contribution in [0, 0.1) is 0 Å². The molecule has 36 N–H and O–H groups in total. The molecule has 0 saturated heterocycles. The Morgan fingerprint density at radius 2 is 0.250 bits per heavy atom. The summed E-state index contributed by atoms with van der Waals surface area (Å²) in [5.74, 6) is -25.0. The zero-order valence-corrected chi connectivity index (χ0v) is 41.5. The minimum absolute atomic E-state index is 0.0834. The third kappa shape index (κ3) is 8.43. The van der Waals surface area contributed by atoms with Crippen molar-refractivity contribution in [3.63, 3.8) is 0 Å². The fourth-order valence-electron chi connectivity index (χ4n) is 8.35. The van der Waals surface area contributed by atoms with E-state index in [0.29, 0.717) is 0 Å². The molecule has 51 nitrogen and oxygen atoms in total. The molecule has 10 heterocycles. The molecule has 0 aliphatic carbocycles. The van der Waals surface area contributed by atoms with Gasteiger partial charge in [-0.1, -0.05) is 0 Å². The van der Waals surface area contributed by atoms with Gasteiger partial charge in [0.15, 0.2) is 52.4 Å². The van der Waals surface area contributed by atoms with Crippen molar-refractivity contribution in [3.05, 3.63) is 83.9 Å². The summed E-state index contributed by atoms with van der Waals surface area (Å²) < 4.78 is -0.250. The molecule has 10 aromatic rings. The van der Waals surface area contributed by atoms with Crippen LogP contribution in [-0.4, -0.2) is 148 Å². The van der Waals surface area contributed by atoms with Crippen LogP contribution in [0.4, 0.5) is 107 Å². The first-order chi connectivity index (χ1) is 39.6. The molecule has 0 radical (unpaired) electrons. The summed E-state index contributed by atoms with van der Waals surface area (Å²) in [6, 6.07) is 0. The van der Waals surface area contributed by atoms with Gasteiger partial charge in [0.2, 0.25) is 124 Å². The number of nitrogens with zero attached hydrogens (tertiary/aromatic N) is 30. The van der Waals surface area contributed by atoms with E-state index in [4.69, 9.17) is 103 Å². The second-order valence-electron chi connectivity index (χ2n) is 16.4. The molecule has 0 saturated carbocycles. The number of nitrogen functional groups attached to an aromatic ring is 18. The molecule has 84 heavy (non-hydrogen) atoms. The molecule has 0 unspecified atom stereocenters. The normalized spacial score (nSPS) is 11.9. The molecule has 0 bridgehead atoms. The highest BCUT2D eigenvalue weighted by Gasteiger charge is 2.60. The number of aromatic nitrogens is 30. The molecule has 0 fully saturated rings. The lowest BCUT2D eigenvalue weighted by Gasteiger charge is -2.37. The van der Waals surface area contributed by atoms with Crippen LogP contribution in [0.5, 0.6) is 0 Å². The highest BCUT2D eigenvalue weighted by molar-refractivity contribution is 5.49. The minimum atomic E-state index is -3.64. The maximum atomic E-state index is 17.4. The van der Waals surface area contributed by atoms with Gasteiger partial charge in [-0.15, -0.1) is 0 Å². The van der Waals surface area contributed by atoms with Gasteiger partial charge in [0.25, 0.3) is 0 Å². The van der Waals surface area contributed by atoms with Crippen molar-refractivity contribution in [2.45, 2.75) is 16.6 Å². The molecule has 51 heteroatoms. The van der Waals surface area contributed by atoms with Crippen LogP contribution in [0.3, 0.4) is 0 Å². The van der Waals surface area contributed by atoms with Crippen molar-refractivity contribution in [1.82, 2.24) is 148 Å². The summed E-state index contributed by atoms with van der Waals surface area (Å²) in [7, 11) is 0. The molecule has 0 amide bonds. The van der Waals surface area contributed by atoms with Gasteiger partial charge in [-0.2, -0.15) is 135 Å². The first-order valence-corrected chi connectivity index (χ1v) is 22.1. The third-order valence-corrected chi connectivity index (χ3v) is 11.1. The van der Waals surface area contributed by atoms with Crippen molar-refractivity contribution in [2.24, 2.45) is 0 Å². The van der Waals surface area contributed by atoms with Crippen molar-refractivity contribution >= 4 is 107 Å². The molecule has 10 aromatic heterocycles. The predicted molar refractivity (Wildman–Crippen MR) is 283 cm³/mol. The van der Waals surface area contributed by atoms with Crippen LogP contribution >= 0.6 is 0 Å². The molecule has 10 rings (SSSR count). The van der Waals surface area contributed by atoms with Crippen LogP contribution in [0.15, 0.2) is 14.4 Å². The van der Waals surface area contributed by atoms with Crippen molar-refractivity contribution < 1.29 is 0 Å². The van der Waals surface area contributed by atoms with Gasteiger partial charge in [0.1, 0.15) is 0 Å². The average molecular weight is 1150 g/mol. The standard InChI is InChI=1S/C33H36N48O3/c34-10-52-1(53-11(35)70-10)31(2-54-12(36)71-13(37)55-2,3-56-14(38)72-15(39)57-3)79-28(82)80(32(4-58-16(40)73-17(41)59-4,5-60-18(42)74-19(43)61-5)6-62-20(44)75-21(45)63-6)30(84)81(29(79)83)33(7-64-22(46)76-23(47)65-7,8-66-24(48)77-25(49)67-8)9-68-26(50)78-27(51)69-9/h(H4,34,35,52,53,70)(H4,36,37,54,55,71)(H4,38,39,56,57,72)(H4,40,41,58,59,73)(H4,42,43,60,61,74)(H4,44,45,62,63,75)(H4,46,47,64,65,76)(H4,48,49,66,67,77)(H4,50,51,68,69,78). The second kappa shape index (κ2) is 18.8. The highest BCUT2D eigenvalue weighted by Crippen LogP contribution is 2.41. The minimum Gasteiger partial charge on any atom is -0.368 e. The largest absolute Gasteiger partial charge is 0.368 e. The molecule has 0 spiro atoms. The Morgan fingerprint density at radius 1 is 0.167 bits per heavy atom. The lowest BCUT2D eigenvalue weighted by atomic mass is 9.92. The van der Waals surface area contributed by atoms with Gasteiger partial charge in [-0.25, -0.2) is 28.1 Å².